The van der Waals surface area contributed by atoms with Crippen molar-refractivity contribution >= 4 is 51.9 Å². The van der Waals surface area contributed by atoms with Crippen LogP contribution in [-0.4, -0.2) is 27.9 Å². The lowest BCUT2D eigenvalue weighted by Crippen LogP contribution is -2.27. The summed E-state index contributed by atoms with van der Waals surface area (Å²) in [6.45, 7) is -0.417. The highest BCUT2D eigenvalue weighted by Gasteiger charge is 2.33. The van der Waals surface area contributed by atoms with Crippen LogP contribution in [0.15, 0.2) is 59.5 Å². The average Bonchev–Trinajstić information content (AvgIpc) is 2.88. The molecule has 1 amide bonds. The summed E-state index contributed by atoms with van der Waals surface area (Å²) in [5.41, 5.74) is 1.46. The summed E-state index contributed by atoms with van der Waals surface area (Å²) in [4.78, 5) is 25.2. The molecule has 1 heterocycles. The number of carbonyl (C=O) groups is 2. The molecular weight excluding hydrogens is 358 g/mol. The number of benzene rings is 2. The quantitative estimate of drug-likeness (QED) is 0.640. The van der Waals surface area contributed by atoms with Crippen LogP contribution in [0.1, 0.15) is 5.56 Å². The molecule has 0 aliphatic carbocycles. The summed E-state index contributed by atoms with van der Waals surface area (Å²) in [5.74, 6) is -0.804. The molecule has 126 valence electrons. The number of amides is 1. The van der Waals surface area contributed by atoms with Gasteiger partial charge in [0.05, 0.1) is 10.6 Å². The summed E-state index contributed by atoms with van der Waals surface area (Å²) in [6.07, 6.45) is 1.72. The first-order valence-electron chi connectivity index (χ1n) is 7.32. The van der Waals surface area contributed by atoms with Crippen molar-refractivity contribution in [3.63, 3.8) is 0 Å². The Balaban J connectivity index is 1.83. The molecule has 1 aliphatic rings. The van der Waals surface area contributed by atoms with Crippen molar-refractivity contribution in [1.29, 1.82) is 0 Å². The molecule has 0 spiro atoms. The van der Waals surface area contributed by atoms with Gasteiger partial charge in [-0.1, -0.05) is 54.3 Å². The van der Waals surface area contributed by atoms with E-state index in [1.807, 2.05) is 36.4 Å². The molecule has 2 aromatic rings. The van der Waals surface area contributed by atoms with E-state index >= 15 is 0 Å². The van der Waals surface area contributed by atoms with Gasteiger partial charge in [-0.2, -0.15) is 0 Å². The molecule has 0 aromatic heterocycles. The fraction of sp³-hybridized carbons (Fsp3) is 0.0556. The van der Waals surface area contributed by atoms with Gasteiger partial charge >= 0.3 is 5.97 Å². The lowest BCUT2D eigenvalue weighted by Gasteiger charge is -2.13. The van der Waals surface area contributed by atoms with Gasteiger partial charge in [-0.05, 0) is 35.9 Å². The zero-order chi connectivity index (χ0) is 17.8. The van der Waals surface area contributed by atoms with E-state index in [2.05, 4.69) is 0 Å². The van der Waals surface area contributed by atoms with Gasteiger partial charge in [-0.3, -0.25) is 9.69 Å². The molecule has 0 bridgehead atoms. The number of aliphatic carboxylic acids is 1. The van der Waals surface area contributed by atoms with Crippen LogP contribution < -0.4 is 9.64 Å². The molecule has 0 saturated carbocycles. The zero-order valence-corrected chi connectivity index (χ0v) is 14.5. The highest BCUT2D eigenvalue weighted by molar-refractivity contribution is 8.27. The van der Waals surface area contributed by atoms with Gasteiger partial charge < -0.3 is 9.84 Å². The number of carboxylic acid groups (broad SMARTS) is 1. The second kappa shape index (κ2) is 7.50. The third kappa shape index (κ3) is 4.07. The number of hydrogen-bond acceptors (Lipinski definition) is 5. The average molecular weight is 371 g/mol. The van der Waals surface area contributed by atoms with E-state index < -0.39 is 12.6 Å². The van der Waals surface area contributed by atoms with E-state index in [1.165, 1.54) is 16.7 Å². The normalized spacial score (nSPS) is 15.7. The third-order valence-corrected chi connectivity index (χ3v) is 4.63. The number of thioether (sulfide) groups is 1. The summed E-state index contributed by atoms with van der Waals surface area (Å²) >= 11 is 6.56. The van der Waals surface area contributed by atoms with Crippen molar-refractivity contribution in [1.82, 2.24) is 0 Å². The molecule has 1 saturated heterocycles. The Labute approximate surface area is 153 Å². The number of carbonyl (C=O) groups excluding carboxylic acids is 1. The Morgan fingerprint density at radius 2 is 1.96 bits per heavy atom. The molecule has 1 N–H and O–H groups in total. The highest BCUT2D eigenvalue weighted by atomic mass is 32.2. The fourth-order valence-corrected chi connectivity index (χ4v) is 3.56. The topological polar surface area (TPSA) is 66.8 Å². The van der Waals surface area contributed by atoms with Gasteiger partial charge in [0.2, 0.25) is 0 Å². The number of nitrogens with zero attached hydrogens (tertiary/aromatic N) is 1. The molecule has 3 rings (SSSR count). The first-order chi connectivity index (χ1) is 12.0. The van der Waals surface area contributed by atoms with Crippen molar-refractivity contribution in [3.8, 4) is 5.75 Å². The Morgan fingerprint density at radius 3 is 2.68 bits per heavy atom. The lowest BCUT2D eigenvalue weighted by atomic mass is 10.2. The second-order valence-electron chi connectivity index (χ2n) is 5.11. The first-order valence-corrected chi connectivity index (χ1v) is 8.55. The van der Waals surface area contributed by atoms with Gasteiger partial charge in [0, 0.05) is 0 Å². The smallest absolute Gasteiger partial charge is 0.341 e. The molecular formula is C18H13NO4S2. The van der Waals surface area contributed by atoms with Crippen LogP contribution in [0.25, 0.3) is 6.08 Å². The van der Waals surface area contributed by atoms with Crippen LogP contribution in [0.2, 0.25) is 0 Å². The zero-order valence-electron chi connectivity index (χ0n) is 12.9. The molecule has 2 aromatic carbocycles. The third-order valence-electron chi connectivity index (χ3n) is 3.33. The Kier molecular flexibility index (Phi) is 5.16. The molecule has 1 fully saturated rings. The number of rotatable bonds is 5. The SMILES string of the molecule is O=C(O)COc1cccc(/C=C2/SC(=S)N(c3ccccc3)C2=O)c1. The Hall–Kier alpha value is -2.64. The lowest BCUT2D eigenvalue weighted by molar-refractivity contribution is -0.139. The van der Waals surface area contributed by atoms with Gasteiger partial charge in [0.15, 0.2) is 10.9 Å². The minimum Gasteiger partial charge on any atom is -0.482 e. The van der Waals surface area contributed by atoms with Crippen molar-refractivity contribution in [2.24, 2.45) is 0 Å². The standard InChI is InChI=1S/C18H13NO4S2/c20-16(21)11-23-14-8-4-5-12(9-14)10-15-17(22)19(18(24)25-15)13-6-2-1-3-7-13/h1-10H,11H2,(H,20,21)/b15-10+. The number of anilines is 1. The van der Waals surface area contributed by atoms with Crippen molar-refractivity contribution < 1.29 is 19.4 Å². The first kappa shape index (κ1) is 17.2. The van der Waals surface area contributed by atoms with Crippen LogP contribution in [0.5, 0.6) is 5.75 Å². The number of thiocarbonyl (C=S) groups is 1. The summed E-state index contributed by atoms with van der Waals surface area (Å²) in [6, 6.07) is 16.1. The van der Waals surface area contributed by atoms with Gasteiger partial charge in [0.25, 0.3) is 5.91 Å². The summed E-state index contributed by atoms with van der Waals surface area (Å²) in [5, 5.41) is 8.67. The molecule has 25 heavy (non-hydrogen) atoms. The van der Waals surface area contributed by atoms with E-state index in [1.54, 1.807) is 24.3 Å². The molecule has 5 nitrogen and oxygen atoms in total. The van der Waals surface area contributed by atoms with Gasteiger partial charge in [0.1, 0.15) is 5.75 Å². The monoisotopic (exact) mass is 371 g/mol. The number of hydrogen-bond donors (Lipinski definition) is 1. The number of ether oxygens (including phenoxy) is 1. The van der Waals surface area contributed by atoms with E-state index in [9.17, 15) is 9.59 Å². The van der Waals surface area contributed by atoms with Crippen LogP contribution in [0.4, 0.5) is 5.69 Å². The van der Waals surface area contributed by atoms with E-state index in [0.29, 0.717) is 15.0 Å². The van der Waals surface area contributed by atoms with Crippen molar-refractivity contribution in [2.45, 2.75) is 0 Å². The van der Waals surface area contributed by atoms with Crippen molar-refractivity contribution in [3.05, 3.63) is 65.1 Å². The maximum Gasteiger partial charge on any atom is 0.341 e. The van der Waals surface area contributed by atoms with E-state index in [-0.39, 0.29) is 5.91 Å². The van der Waals surface area contributed by atoms with Crippen molar-refractivity contribution in [2.75, 3.05) is 11.5 Å². The minimum atomic E-state index is -1.05. The van der Waals surface area contributed by atoms with E-state index in [4.69, 9.17) is 22.1 Å². The van der Waals surface area contributed by atoms with Crippen LogP contribution >= 0.6 is 24.0 Å². The predicted molar refractivity (Wildman–Crippen MR) is 102 cm³/mol. The second-order valence-corrected chi connectivity index (χ2v) is 6.78. The Morgan fingerprint density at radius 1 is 1.20 bits per heavy atom. The molecule has 0 atom stereocenters. The maximum absolute atomic E-state index is 12.7. The Bertz CT molecular complexity index is 864. The maximum atomic E-state index is 12.7. The molecule has 0 radical (unpaired) electrons. The summed E-state index contributed by atoms with van der Waals surface area (Å²) in [7, 11) is 0. The van der Waals surface area contributed by atoms with Crippen LogP contribution in [0.3, 0.4) is 0 Å². The highest BCUT2D eigenvalue weighted by Crippen LogP contribution is 2.36. The van der Waals surface area contributed by atoms with Crippen LogP contribution in [-0.2, 0) is 9.59 Å². The number of carboxylic acids is 1. The van der Waals surface area contributed by atoms with Gasteiger partial charge in [-0.15, -0.1) is 0 Å². The molecule has 0 unspecified atom stereocenters. The summed E-state index contributed by atoms with van der Waals surface area (Å²) < 4.78 is 5.63. The fourth-order valence-electron chi connectivity index (χ4n) is 2.26. The molecule has 1 aliphatic heterocycles. The predicted octanol–water partition coefficient (Wildman–Crippen LogP) is 3.56. The van der Waals surface area contributed by atoms with Gasteiger partial charge in [-0.25, -0.2) is 4.79 Å². The van der Waals surface area contributed by atoms with E-state index in [0.717, 1.165) is 11.3 Å². The minimum absolute atomic E-state index is 0.182. The largest absolute Gasteiger partial charge is 0.482 e. The van der Waals surface area contributed by atoms with Crippen LogP contribution in [0, 0.1) is 0 Å². The number of para-hydroxylation sites is 1. The molecule has 7 heteroatoms.